The maximum Gasteiger partial charge on any atom is 0.294 e. The number of benzene rings is 3. The van der Waals surface area contributed by atoms with Gasteiger partial charge in [0.25, 0.3) is 11.1 Å². The summed E-state index contributed by atoms with van der Waals surface area (Å²) in [4.78, 5) is 39.0. The summed E-state index contributed by atoms with van der Waals surface area (Å²) < 4.78 is 12.0. The third-order valence-electron chi connectivity index (χ3n) is 5.65. The van der Waals surface area contributed by atoms with E-state index in [4.69, 9.17) is 26.3 Å². The zero-order valence-electron chi connectivity index (χ0n) is 20.8. The lowest BCUT2D eigenvalue weighted by molar-refractivity contribution is -0.127. The maximum atomic E-state index is 12.9. The number of anilines is 1. The molecule has 3 aromatic carbocycles. The van der Waals surface area contributed by atoms with Gasteiger partial charge in [-0.25, -0.2) is 0 Å². The van der Waals surface area contributed by atoms with Gasteiger partial charge in [-0.3, -0.25) is 19.3 Å². The van der Waals surface area contributed by atoms with Gasteiger partial charge in [-0.05, 0) is 93.8 Å². The third-order valence-corrected chi connectivity index (χ3v) is 7.55. The van der Waals surface area contributed by atoms with E-state index in [-0.39, 0.29) is 11.5 Å². The van der Waals surface area contributed by atoms with E-state index in [1.54, 1.807) is 60.7 Å². The van der Waals surface area contributed by atoms with E-state index < -0.39 is 23.6 Å². The number of methoxy groups -OCH3 is 1. The van der Waals surface area contributed by atoms with Crippen molar-refractivity contribution in [2.75, 3.05) is 19.0 Å². The molecule has 1 aliphatic heterocycles. The van der Waals surface area contributed by atoms with Gasteiger partial charge in [-0.15, -0.1) is 0 Å². The molecule has 11 heteroatoms. The maximum absolute atomic E-state index is 12.9. The Morgan fingerprint density at radius 2 is 1.92 bits per heavy atom. The Bertz CT molecular complexity index is 1540. The average Bonchev–Trinajstić information content (AvgIpc) is 3.17. The molecule has 39 heavy (non-hydrogen) atoms. The van der Waals surface area contributed by atoms with Gasteiger partial charge >= 0.3 is 0 Å². The number of rotatable bonds is 8. The zero-order valence-corrected chi connectivity index (χ0v) is 23.9. The summed E-state index contributed by atoms with van der Waals surface area (Å²) in [7, 11) is 1.49. The molecular weight excluding hydrogens is 606 g/mol. The number of aryl methyl sites for hydroxylation is 1. The lowest BCUT2D eigenvalue weighted by Crippen LogP contribution is -2.36. The van der Waals surface area contributed by atoms with Gasteiger partial charge in [0.2, 0.25) is 5.91 Å². The first-order chi connectivity index (χ1) is 18.7. The van der Waals surface area contributed by atoms with Gasteiger partial charge in [0.1, 0.15) is 13.2 Å². The van der Waals surface area contributed by atoms with Crippen molar-refractivity contribution in [2.45, 2.75) is 13.5 Å². The first-order valence-electron chi connectivity index (χ1n) is 11.5. The molecule has 0 saturated carbocycles. The van der Waals surface area contributed by atoms with Crippen LogP contribution in [0.5, 0.6) is 11.5 Å². The van der Waals surface area contributed by atoms with Gasteiger partial charge in [-0.1, -0.05) is 29.8 Å². The Balaban J connectivity index is 1.45. The Hall–Kier alpha value is -3.78. The van der Waals surface area contributed by atoms with E-state index in [1.807, 2.05) is 6.92 Å². The van der Waals surface area contributed by atoms with Crippen LogP contribution in [0.2, 0.25) is 5.02 Å². The number of hydrogen-bond acceptors (Lipinski definition) is 7. The van der Waals surface area contributed by atoms with Crippen molar-refractivity contribution in [1.29, 1.82) is 5.26 Å². The molecule has 3 amide bonds. The molecule has 198 valence electrons. The zero-order chi connectivity index (χ0) is 28.1. The van der Waals surface area contributed by atoms with Crippen LogP contribution in [-0.2, 0) is 16.2 Å². The molecule has 4 rings (SSSR count). The molecule has 0 aliphatic carbocycles. The fourth-order valence-corrected chi connectivity index (χ4v) is 5.19. The molecule has 0 unspecified atom stereocenters. The quantitative estimate of drug-likeness (QED) is 0.283. The number of nitriles is 1. The Morgan fingerprint density at radius 3 is 2.59 bits per heavy atom. The lowest BCUT2D eigenvalue weighted by Gasteiger charge is -2.14. The van der Waals surface area contributed by atoms with Crippen LogP contribution in [0.25, 0.3) is 6.08 Å². The predicted octanol–water partition coefficient (Wildman–Crippen LogP) is 6.55. The lowest BCUT2D eigenvalue weighted by atomic mass is 10.1. The number of nitrogens with zero attached hydrogens (tertiary/aromatic N) is 2. The number of halogens is 2. The topological polar surface area (TPSA) is 109 Å². The van der Waals surface area contributed by atoms with Gasteiger partial charge in [0, 0.05) is 10.7 Å². The van der Waals surface area contributed by atoms with Crippen molar-refractivity contribution >= 4 is 68.1 Å². The normalized spacial score (nSPS) is 13.9. The summed E-state index contributed by atoms with van der Waals surface area (Å²) in [6.45, 7) is 1.66. The summed E-state index contributed by atoms with van der Waals surface area (Å²) in [6.07, 6.45) is 1.56. The van der Waals surface area contributed by atoms with Crippen LogP contribution < -0.4 is 14.8 Å². The van der Waals surface area contributed by atoms with Crippen LogP contribution >= 0.6 is 39.3 Å². The summed E-state index contributed by atoms with van der Waals surface area (Å²) in [6, 6.07) is 17.6. The fraction of sp³-hybridized carbons (Fsp3) is 0.143. The average molecular weight is 627 g/mol. The molecule has 0 aromatic heterocycles. The molecular formula is C28H21BrClN3O5S. The Kier molecular flexibility index (Phi) is 8.97. The van der Waals surface area contributed by atoms with Crippen LogP contribution in [0.4, 0.5) is 10.5 Å². The number of amides is 3. The first-order valence-corrected chi connectivity index (χ1v) is 13.5. The van der Waals surface area contributed by atoms with Gasteiger partial charge in [0.05, 0.1) is 28.1 Å². The van der Waals surface area contributed by atoms with Gasteiger partial charge in [-0.2, -0.15) is 5.26 Å². The molecule has 1 saturated heterocycles. The highest BCUT2D eigenvalue weighted by Crippen LogP contribution is 2.39. The molecule has 8 nitrogen and oxygen atoms in total. The SMILES string of the molecule is COc1cc(/C=C2/SC(=O)N(CC(=O)Nc3ccc(C)c(Cl)c3)C2=O)cc(Br)c1OCc1ccc(C#N)cc1. The molecule has 0 bridgehead atoms. The van der Waals surface area contributed by atoms with E-state index in [1.165, 1.54) is 7.11 Å². The fourth-order valence-electron chi connectivity index (χ4n) is 3.60. The molecule has 1 fully saturated rings. The largest absolute Gasteiger partial charge is 0.493 e. The molecule has 0 atom stereocenters. The van der Waals surface area contributed by atoms with E-state index in [0.29, 0.717) is 37.8 Å². The number of hydrogen-bond donors (Lipinski definition) is 1. The third kappa shape index (κ3) is 6.81. The molecule has 0 spiro atoms. The van der Waals surface area contributed by atoms with E-state index >= 15 is 0 Å². The van der Waals surface area contributed by atoms with Gasteiger partial charge in [0.15, 0.2) is 11.5 Å². The molecule has 0 radical (unpaired) electrons. The Morgan fingerprint density at radius 1 is 1.18 bits per heavy atom. The second-order valence-electron chi connectivity index (χ2n) is 8.41. The van der Waals surface area contributed by atoms with E-state index in [2.05, 4.69) is 27.3 Å². The predicted molar refractivity (Wildman–Crippen MR) is 154 cm³/mol. The summed E-state index contributed by atoms with van der Waals surface area (Å²) in [5.41, 5.74) is 3.35. The molecule has 1 heterocycles. The summed E-state index contributed by atoms with van der Waals surface area (Å²) >= 11 is 10.3. The van der Waals surface area contributed by atoms with Gasteiger partial charge < -0.3 is 14.8 Å². The van der Waals surface area contributed by atoms with Crippen LogP contribution in [0.15, 0.2) is 64.0 Å². The number of ether oxygens (including phenoxy) is 2. The standard InChI is InChI=1S/C28H21BrClN3O5S/c1-16-3-8-20(12-22(16)30)32-25(34)14-33-27(35)24(39-28(33)36)11-19-9-21(29)26(23(10-19)37-2)38-15-18-6-4-17(13-31)5-7-18/h3-12H,14-15H2,1-2H3,(H,32,34)/b24-11+. The van der Waals surface area contributed by atoms with Crippen LogP contribution in [0.3, 0.4) is 0 Å². The van der Waals surface area contributed by atoms with Crippen molar-refractivity contribution in [3.63, 3.8) is 0 Å². The Labute approximate surface area is 242 Å². The van der Waals surface area contributed by atoms with Crippen molar-refractivity contribution in [3.05, 3.63) is 91.3 Å². The number of thioether (sulfide) groups is 1. The second kappa shape index (κ2) is 12.4. The van der Waals surface area contributed by atoms with E-state index in [0.717, 1.165) is 27.8 Å². The molecule has 1 N–H and O–H groups in total. The highest BCUT2D eigenvalue weighted by molar-refractivity contribution is 9.10. The van der Waals surface area contributed by atoms with Crippen LogP contribution in [-0.4, -0.2) is 35.6 Å². The summed E-state index contributed by atoms with van der Waals surface area (Å²) in [5, 5.41) is 11.6. The number of imide groups is 1. The monoisotopic (exact) mass is 625 g/mol. The summed E-state index contributed by atoms with van der Waals surface area (Å²) in [5.74, 6) is -0.218. The highest BCUT2D eigenvalue weighted by Gasteiger charge is 2.36. The molecule has 1 aliphatic rings. The van der Waals surface area contributed by atoms with E-state index in [9.17, 15) is 14.4 Å². The number of carbonyl (C=O) groups is 3. The number of nitrogens with one attached hydrogen (secondary N) is 1. The minimum atomic E-state index is -0.571. The first kappa shape index (κ1) is 28.2. The van der Waals surface area contributed by atoms with Crippen molar-refractivity contribution in [1.82, 2.24) is 4.90 Å². The number of carbonyl (C=O) groups excluding carboxylic acids is 3. The van der Waals surface area contributed by atoms with Crippen molar-refractivity contribution in [3.8, 4) is 17.6 Å². The van der Waals surface area contributed by atoms with Crippen molar-refractivity contribution in [2.24, 2.45) is 0 Å². The minimum absolute atomic E-state index is 0.173. The highest BCUT2D eigenvalue weighted by atomic mass is 79.9. The minimum Gasteiger partial charge on any atom is -0.493 e. The second-order valence-corrected chi connectivity index (χ2v) is 10.7. The van der Waals surface area contributed by atoms with Crippen LogP contribution in [0, 0.1) is 18.3 Å². The molecule has 3 aromatic rings. The van der Waals surface area contributed by atoms with Crippen LogP contribution in [0.1, 0.15) is 22.3 Å². The van der Waals surface area contributed by atoms with Crippen molar-refractivity contribution < 1.29 is 23.9 Å². The smallest absolute Gasteiger partial charge is 0.294 e.